The van der Waals surface area contributed by atoms with Gasteiger partial charge in [0.1, 0.15) is 17.4 Å². The zero-order valence-corrected chi connectivity index (χ0v) is 20.2. The summed E-state index contributed by atoms with van der Waals surface area (Å²) in [4.78, 5) is 25.3. The molecule has 1 saturated heterocycles. The maximum Gasteiger partial charge on any atom is 0.259 e. The zero-order chi connectivity index (χ0) is 24.2. The summed E-state index contributed by atoms with van der Waals surface area (Å²) in [6, 6.07) is 18.6. The van der Waals surface area contributed by atoms with Gasteiger partial charge in [0.25, 0.3) is 5.91 Å². The number of carbonyl (C=O) groups is 1. The summed E-state index contributed by atoms with van der Waals surface area (Å²) in [5.74, 6) is 2.60. The van der Waals surface area contributed by atoms with Gasteiger partial charge in [-0.2, -0.15) is 5.10 Å². The van der Waals surface area contributed by atoms with Crippen LogP contribution in [0.3, 0.4) is 0 Å². The molecular weight excluding hydrogens is 462 g/mol. The molecule has 0 radical (unpaired) electrons. The van der Waals surface area contributed by atoms with E-state index in [2.05, 4.69) is 30.7 Å². The zero-order valence-electron chi connectivity index (χ0n) is 19.4. The predicted octanol–water partition coefficient (Wildman–Crippen LogP) is 4.87. The lowest BCUT2D eigenvalue weighted by Gasteiger charge is -2.32. The van der Waals surface area contributed by atoms with Gasteiger partial charge in [-0.15, -0.1) is 0 Å². The highest BCUT2D eigenvalue weighted by Crippen LogP contribution is 2.31. The third-order valence-electron chi connectivity index (χ3n) is 5.51. The fraction of sp³-hybridized carbons (Fsp3) is 0.200. The first-order valence-corrected chi connectivity index (χ1v) is 12.0. The first-order chi connectivity index (χ1) is 17.1. The van der Waals surface area contributed by atoms with Crippen LogP contribution in [0.25, 0.3) is 0 Å². The Morgan fingerprint density at radius 1 is 1.06 bits per heavy atom. The van der Waals surface area contributed by atoms with Crippen LogP contribution in [0.15, 0.2) is 70.7 Å². The van der Waals surface area contributed by atoms with Gasteiger partial charge in [-0.1, -0.05) is 12.1 Å². The van der Waals surface area contributed by atoms with Crippen molar-refractivity contribution in [2.75, 3.05) is 35.7 Å². The molecule has 0 atom stereocenters. The molecule has 3 heterocycles. The molecule has 9 nitrogen and oxygen atoms in total. The molecule has 0 unspecified atom stereocenters. The van der Waals surface area contributed by atoms with Gasteiger partial charge >= 0.3 is 0 Å². The van der Waals surface area contributed by atoms with Gasteiger partial charge in [-0.05, 0) is 61.5 Å². The Kier molecular flexibility index (Phi) is 6.53. The smallest absolute Gasteiger partial charge is 0.259 e. The minimum atomic E-state index is -0.224. The van der Waals surface area contributed by atoms with Crippen molar-refractivity contribution in [2.45, 2.75) is 23.4 Å². The van der Waals surface area contributed by atoms with Crippen molar-refractivity contribution in [1.29, 1.82) is 0 Å². The molecule has 1 amide bonds. The number of hydrogen-bond donors (Lipinski definition) is 3. The fourth-order valence-electron chi connectivity index (χ4n) is 3.59. The number of anilines is 4. The Morgan fingerprint density at radius 2 is 1.86 bits per heavy atom. The van der Waals surface area contributed by atoms with Gasteiger partial charge in [-0.25, -0.2) is 9.97 Å². The molecule has 5 rings (SSSR count). The average Bonchev–Trinajstić information content (AvgIpc) is 3.23. The lowest BCUT2D eigenvalue weighted by atomic mass is 10.2. The molecule has 35 heavy (non-hydrogen) atoms. The van der Waals surface area contributed by atoms with Crippen molar-refractivity contribution >= 4 is 40.8 Å². The number of ether oxygens (including phenoxy) is 1. The standard InChI is InChI=1S/C25H25N7O2S/c1-16-14-22(31-30-16)27-21-15-23(32-12-5-13-32)29-25(28-21)35-18-10-8-17(9-11-18)26-24(33)19-6-3-4-7-20(19)34-2/h3-4,6-11,14-15H,5,12-13H2,1-2H3,(H,26,33)(H2,27,28,29,30,31). The summed E-state index contributed by atoms with van der Waals surface area (Å²) in [7, 11) is 1.55. The molecule has 0 spiro atoms. The molecule has 1 fully saturated rings. The van der Waals surface area contributed by atoms with Crippen molar-refractivity contribution in [3.8, 4) is 5.75 Å². The van der Waals surface area contributed by atoms with Gasteiger partial charge in [0.2, 0.25) is 0 Å². The minimum Gasteiger partial charge on any atom is -0.496 e. The van der Waals surface area contributed by atoms with Crippen LogP contribution in [0.2, 0.25) is 0 Å². The van der Waals surface area contributed by atoms with E-state index in [1.54, 1.807) is 19.2 Å². The Balaban J connectivity index is 1.31. The van der Waals surface area contributed by atoms with Crippen molar-refractivity contribution < 1.29 is 9.53 Å². The summed E-state index contributed by atoms with van der Waals surface area (Å²) in [6.45, 7) is 3.93. The van der Waals surface area contributed by atoms with Crippen LogP contribution in [0.1, 0.15) is 22.5 Å². The monoisotopic (exact) mass is 487 g/mol. The lowest BCUT2D eigenvalue weighted by molar-refractivity contribution is 0.102. The fourth-order valence-corrected chi connectivity index (χ4v) is 4.35. The quantitative estimate of drug-likeness (QED) is 0.302. The number of aromatic amines is 1. The van der Waals surface area contributed by atoms with Gasteiger partial charge in [0.05, 0.1) is 12.7 Å². The van der Waals surface area contributed by atoms with E-state index in [0.717, 1.165) is 35.9 Å². The van der Waals surface area contributed by atoms with Gasteiger partial charge in [0, 0.05) is 41.5 Å². The summed E-state index contributed by atoms with van der Waals surface area (Å²) >= 11 is 1.46. The third kappa shape index (κ3) is 5.38. The highest BCUT2D eigenvalue weighted by Gasteiger charge is 2.19. The number of nitrogens with one attached hydrogen (secondary N) is 3. The topological polar surface area (TPSA) is 108 Å². The second-order valence-corrected chi connectivity index (χ2v) is 9.12. The average molecular weight is 488 g/mol. The molecule has 3 N–H and O–H groups in total. The number of para-hydroxylation sites is 1. The van der Waals surface area contributed by atoms with E-state index in [4.69, 9.17) is 9.72 Å². The van der Waals surface area contributed by atoms with E-state index in [-0.39, 0.29) is 5.91 Å². The number of methoxy groups -OCH3 is 1. The molecule has 4 aromatic rings. The Bertz CT molecular complexity index is 1340. The molecule has 0 bridgehead atoms. The molecule has 178 valence electrons. The van der Waals surface area contributed by atoms with E-state index in [9.17, 15) is 4.79 Å². The Labute approximate surface area is 207 Å². The molecule has 0 aliphatic carbocycles. The van der Waals surface area contributed by atoms with Crippen LogP contribution in [0.4, 0.5) is 23.1 Å². The second kappa shape index (κ2) is 10.1. The molecule has 2 aromatic carbocycles. The number of H-pyrrole nitrogens is 1. The Morgan fingerprint density at radius 3 is 2.54 bits per heavy atom. The summed E-state index contributed by atoms with van der Waals surface area (Å²) in [6.07, 6.45) is 1.16. The van der Waals surface area contributed by atoms with Crippen molar-refractivity contribution in [2.24, 2.45) is 0 Å². The van der Waals surface area contributed by atoms with E-state index in [0.29, 0.717) is 33.8 Å². The normalized spacial score (nSPS) is 12.7. The van der Waals surface area contributed by atoms with E-state index in [1.807, 2.05) is 55.5 Å². The van der Waals surface area contributed by atoms with Crippen molar-refractivity contribution in [3.63, 3.8) is 0 Å². The minimum absolute atomic E-state index is 0.224. The number of nitrogens with zero attached hydrogens (tertiary/aromatic N) is 4. The van der Waals surface area contributed by atoms with E-state index >= 15 is 0 Å². The molecule has 2 aromatic heterocycles. The number of aromatic nitrogens is 4. The van der Waals surface area contributed by atoms with Crippen LogP contribution in [0, 0.1) is 6.92 Å². The number of carbonyl (C=O) groups excluding carboxylic acids is 1. The highest BCUT2D eigenvalue weighted by molar-refractivity contribution is 7.99. The number of rotatable bonds is 8. The summed E-state index contributed by atoms with van der Waals surface area (Å²) in [5, 5.41) is 14.0. The van der Waals surface area contributed by atoms with Crippen molar-refractivity contribution in [3.05, 3.63) is 71.9 Å². The van der Waals surface area contributed by atoms with Gasteiger partial charge < -0.3 is 20.3 Å². The molecule has 10 heteroatoms. The van der Waals surface area contributed by atoms with Crippen LogP contribution in [-0.4, -0.2) is 46.3 Å². The Hall–Kier alpha value is -4.05. The highest BCUT2D eigenvalue weighted by atomic mass is 32.2. The maximum atomic E-state index is 12.7. The van der Waals surface area contributed by atoms with Gasteiger partial charge in [-0.3, -0.25) is 9.89 Å². The largest absolute Gasteiger partial charge is 0.496 e. The van der Waals surface area contributed by atoms with Crippen molar-refractivity contribution in [1.82, 2.24) is 20.2 Å². The molecule has 1 aliphatic rings. The number of benzene rings is 2. The number of aryl methyl sites for hydroxylation is 1. The van der Waals surface area contributed by atoms with E-state index < -0.39 is 0 Å². The first-order valence-electron chi connectivity index (χ1n) is 11.2. The van der Waals surface area contributed by atoms with E-state index in [1.165, 1.54) is 11.8 Å². The molecule has 0 saturated carbocycles. The van der Waals surface area contributed by atoms with Crippen LogP contribution >= 0.6 is 11.8 Å². The number of hydrogen-bond acceptors (Lipinski definition) is 8. The van der Waals surface area contributed by atoms with Crippen LogP contribution in [-0.2, 0) is 0 Å². The second-order valence-electron chi connectivity index (χ2n) is 8.08. The maximum absolute atomic E-state index is 12.7. The SMILES string of the molecule is COc1ccccc1C(=O)Nc1ccc(Sc2nc(Nc3cc(C)[nH]n3)cc(N3CCC3)n2)cc1. The summed E-state index contributed by atoms with van der Waals surface area (Å²) < 4.78 is 5.28. The van der Waals surface area contributed by atoms with Crippen LogP contribution in [0.5, 0.6) is 5.75 Å². The number of amides is 1. The predicted molar refractivity (Wildman–Crippen MR) is 137 cm³/mol. The summed E-state index contributed by atoms with van der Waals surface area (Å²) in [5.41, 5.74) is 2.14. The van der Waals surface area contributed by atoms with Gasteiger partial charge in [0.15, 0.2) is 11.0 Å². The van der Waals surface area contributed by atoms with Crippen LogP contribution < -0.4 is 20.3 Å². The molecular formula is C25H25N7O2S. The lowest BCUT2D eigenvalue weighted by Crippen LogP contribution is -2.37. The molecule has 1 aliphatic heterocycles. The third-order valence-corrected chi connectivity index (χ3v) is 6.38. The first kappa shape index (κ1) is 22.7.